The summed E-state index contributed by atoms with van der Waals surface area (Å²) >= 11 is 0. The minimum Gasteiger partial charge on any atom is -0.540 e. The zero-order chi connectivity index (χ0) is 27.0. The number of amides is 2. The van der Waals surface area contributed by atoms with E-state index in [4.69, 9.17) is 13.9 Å². The predicted molar refractivity (Wildman–Crippen MR) is 146 cm³/mol. The smallest absolute Gasteiger partial charge is 0.411 e. The minimum atomic E-state index is -2.36. The molecule has 1 fully saturated rings. The van der Waals surface area contributed by atoms with E-state index in [1.54, 1.807) is 24.1 Å². The Hall–Kier alpha value is -2.52. The van der Waals surface area contributed by atoms with Gasteiger partial charge in [0.1, 0.15) is 12.4 Å². The number of likely N-dealkylation sites (tertiary alicyclic amines) is 1. The number of anilines is 1. The van der Waals surface area contributed by atoms with Gasteiger partial charge < -0.3 is 23.9 Å². The van der Waals surface area contributed by atoms with Gasteiger partial charge in [-0.25, -0.2) is 4.79 Å². The van der Waals surface area contributed by atoms with Crippen molar-refractivity contribution >= 4 is 26.0 Å². The molecule has 1 saturated heterocycles. The molecule has 1 aromatic rings. The summed E-state index contributed by atoms with van der Waals surface area (Å²) in [4.78, 5) is 27.9. The summed E-state index contributed by atoms with van der Waals surface area (Å²) in [6.07, 6.45) is 3.32. The van der Waals surface area contributed by atoms with Crippen LogP contribution in [0.5, 0.6) is 11.5 Å². The summed E-state index contributed by atoms with van der Waals surface area (Å²) in [5.74, 6) is 0.644. The Balaban J connectivity index is 2.63. The number of benzene rings is 1. The van der Waals surface area contributed by atoms with Crippen molar-refractivity contribution in [1.29, 1.82) is 0 Å². The Bertz CT molecular complexity index is 896. The van der Waals surface area contributed by atoms with E-state index in [2.05, 4.69) is 53.4 Å². The van der Waals surface area contributed by atoms with Gasteiger partial charge >= 0.3 is 6.09 Å². The average molecular weight is 521 g/mol. The average Bonchev–Trinajstić information content (AvgIpc) is 2.84. The van der Waals surface area contributed by atoms with Crippen LogP contribution in [-0.2, 0) is 4.74 Å². The van der Waals surface area contributed by atoms with Crippen LogP contribution in [0.15, 0.2) is 24.8 Å². The van der Waals surface area contributed by atoms with Crippen LogP contribution in [0.25, 0.3) is 0 Å². The lowest BCUT2D eigenvalue weighted by Crippen LogP contribution is -2.50. The maximum absolute atomic E-state index is 13.7. The standard InChI is InChI=1S/C27H44N2O6Si/c1-9-14-34-27(32)28-23-16-25(35-36(18(2)3,19(4)5)20(6)7)24(33-8)15-22(23)26(31)29-13-11-10-12-21(29)17-30/h9,15-16,18-21,30H,1,10-14,17H2,2-8H3,(H,28,32)/t21-/m0/s1. The zero-order valence-electron chi connectivity index (χ0n) is 22.9. The van der Waals surface area contributed by atoms with E-state index in [-0.39, 0.29) is 36.4 Å². The van der Waals surface area contributed by atoms with E-state index < -0.39 is 14.4 Å². The van der Waals surface area contributed by atoms with E-state index in [0.717, 1.165) is 19.3 Å². The van der Waals surface area contributed by atoms with Crippen molar-refractivity contribution < 1.29 is 28.6 Å². The molecule has 0 radical (unpaired) electrons. The highest BCUT2D eigenvalue weighted by molar-refractivity contribution is 6.78. The number of hydrogen-bond donors (Lipinski definition) is 2. The fraction of sp³-hybridized carbons (Fsp3) is 0.630. The number of aliphatic hydroxyl groups excluding tert-OH is 1. The number of rotatable bonds is 11. The van der Waals surface area contributed by atoms with Crippen LogP contribution >= 0.6 is 0 Å². The Morgan fingerprint density at radius 2 is 1.78 bits per heavy atom. The fourth-order valence-corrected chi connectivity index (χ4v) is 10.8. The van der Waals surface area contributed by atoms with E-state index in [1.165, 1.54) is 6.08 Å². The first-order valence-corrected chi connectivity index (χ1v) is 15.0. The van der Waals surface area contributed by atoms with Crippen LogP contribution in [0.1, 0.15) is 71.2 Å². The molecular weight excluding hydrogens is 476 g/mol. The number of hydrogen-bond acceptors (Lipinski definition) is 6. The van der Waals surface area contributed by atoms with Crippen LogP contribution in [0.3, 0.4) is 0 Å². The summed E-state index contributed by atoms with van der Waals surface area (Å²) in [5, 5.41) is 12.6. The van der Waals surface area contributed by atoms with Crippen molar-refractivity contribution in [2.24, 2.45) is 0 Å². The third-order valence-electron chi connectivity index (χ3n) is 7.20. The first-order valence-electron chi connectivity index (χ1n) is 12.9. The van der Waals surface area contributed by atoms with Gasteiger partial charge in [-0.2, -0.15) is 0 Å². The van der Waals surface area contributed by atoms with Gasteiger partial charge in [0.15, 0.2) is 5.75 Å². The zero-order valence-corrected chi connectivity index (χ0v) is 23.9. The molecule has 1 atom stereocenters. The number of aliphatic hydroxyl groups is 1. The van der Waals surface area contributed by atoms with E-state index in [0.29, 0.717) is 34.7 Å². The summed E-state index contributed by atoms with van der Waals surface area (Å²) in [6.45, 7) is 17.2. The molecule has 2 amide bonds. The maximum Gasteiger partial charge on any atom is 0.411 e. The van der Waals surface area contributed by atoms with Crippen molar-refractivity contribution in [1.82, 2.24) is 4.90 Å². The normalized spacial score (nSPS) is 16.3. The summed E-state index contributed by atoms with van der Waals surface area (Å²) in [5.41, 5.74) is 1.50. The van der Waals surface area contributed by atoms with E-state index in [9.17, 15) is 14.7 Å². The Morgan fingerprint density at radius 3 is 2.31 bits per heavy atom. The molecule has 1 aromatic carbocycles. The van der Waals surface area contributed by atoms with Crippen molar-refractivity contribution in [2.75, 3.05) is 32.2 Å². The van der Waals surface area contributed by atoms with Gasteiger partial charge in [-0.1, -0.05) is 54.2 Å². The molecule has 2 rings (SSSR count). The van der Waals surface area contributed by atoms with Gasteiger partial charge in [0.2, 0.25) is 0 Å². The number of methoxy groups -OCH3 is 1. The second-order valence-corrected chi connectivity index (χ2v) is 15.7. The summed E-state index contributed by atoms with van der Waals surface area (Å²) < 4.78 is 17.7. The molecule has 1 aliphatic rings. The topological polar surface area (TPSA) is 97.3 Å². The largest absolute Gasteiger partial charge is 0.540 e. The molecule has 202 valence electrons. The van der Waals surface area contributed by atoms with Crippen LogP contribution in [-0.4, -0.2) is 63.2 Å². The van der Waals surface area contributed by atoms with Crippen molar-refractivity contribution in [3.63, 3.8) is 0 Å². The molecule has 0 unspecified atom stereocenters. The highest BCUT2D eigenvalue weighted by atomic mass is 28.4. The molecule has 8 nitrogen and oxygen atoms in total. The molecule has 36 heavy (non-hydrogen) atoms. The fourth-order valence-electron chi connectivity index (χ4n) is 5.52. The Morgan fingerprint density at radius 1 is 1.14 bits per heavy atom. The Labute approximate surface area is 217 Å². The van der Waals surface area contributed by atoms with Gasteiger partial charge in [-0.15, -0.1) is 0 Å². The number of piperidine rings is 1. The first-order chi connectivity index (χ1) is 17.0. The molecule has 0 aliphatic carbocycles. The molecule has 0 spiro atoms. The van der Waals surface area contributed by atoms with Crippen LogP contribution in [0.4, 0.5) is 10.5 Å². The minimum absolute atomic E-state index is 0.0391. The molecule has 9 heteroatoms. The number of ether oxygens (including phenoxy) is 2. The first kappa shape index (κ1) is 29.7. The Kier molecular flexibility index (Phi) is 10.8. The quantitative estimate of drug-likeness (QED) is 0.276. The van der Waals surface area contributed by atoms with Crippen LogP contribution in [0, 0.1) is 0 Å². The molecule has 0 saturated carbocycles. The lowest BCUT2D eigenvalue weighted by molar-refractivity contribution is 0.0503. The van der Waals surface area contributed by atoms with Crippen LogP contribution < -0.4 is 14.5 Å². The number of carbonyl (C=O) groups excluding carboxylic acids is 2. The van der Waals surface area contributed by atoms with Crippen molar-refractivity contribution in [2.45, 2.75) is 83.5 Å². The highest BCUT2D eigenvalue weighted by Gasteiger charge is 2.47. The van der Waals surface area contributed by atoms with E-state index >= 15 is 0 Å². The van der Waals surface area contributed by atoms with Gasteiger partial charge in [-0.05, 0) is 42.0 Å². The van der Waals surface area contributed by atoms with Crippen LogP contribution in [0.2, 0.25) is 16.6 Å². The lowest BCUT2D eigenvalue weighted by Gasteiger charge is -2.42. The molecule has 1 aliphatic heterocycles. The SMILES string of the molecule is C=CCOC(=O)Nc1cc(O[Si](C(C)C)(C(C)C)C(C)C)c(OC)cc1C(=O)N1CCCC[C@H]1CO. The van der Waals surface area contributed by atoms with Gasteiger partial charge in [-0.3, -0.25) is 10.1 Å². The van der Waals surface area contributed by atoms with Crippen molar-refractivity contribution in [3.8, 4) is 11.5 Å². The lowest BCUT2D eigenvalue weighted by atomic mass is 10.0. The third-order valence-corrected chi connectivity index (χ3v) is 13.2. The number of nitrogens with one attached hydrogen (secondary N) is 1. The molecule has 2 N–H and O–H groups in total. The second kappa shape index (κ2) is 13.1. The molecule has 0 bridgehead atoms. The third kappa shape index (κ3) is 6.42. The highest BCUT2D eigenvalue weighted by Crippen LogP contribution is 2.46. The molecular formula is C27H44N2O6Si. The van der Waals surface area contributed by atoms with Gasteiger partial charge in [0, 0.05) is 12.6 Å². The molecule has 1 heterocycles. The van der Waals surface area contributed by atoms with Gasteiger partial charge in [0.25, 0.3) is 14.2 Å². The molecule has 0 aromatic heterocycles. The van der Waals surface area contributed by atoms with E-state index in [1.807, 2.05) is 0 Å². The maximum atomic E-state index is 13.7. The second-order valence-electron chi connectivity index (χ2n) is 10.3. The summed E-state index contributed by atoms with van der Waals surface area (Å²) in [7, 11) is -0.815. The van der Waals surface area contributed by atoms with Gasteiger partial charge in [0.05, 0.1) is 31.0 Å². The van der Waals surface area contributed by atoms with Crippen molar-refractivity contribution in [3.05, 3.63) is 30.4 Å². The summed E-state index contributed by atoms with van der Waals surface area (Å²) in [6, 6.07) is 3.04. The predicted octanol–water partition coefficient (Wildman–Crippen LogP) is 5.97. The number of carbonyl (C=O) groups is 2. The monoisotopic (exact) mass is 520 g/mol. The number of nitrogens with zero attached hydrogens (tertiary/aromatic N) is 1.